The van der Waals surface area contributed by atoms with E-state index in [0.717, 1.165) is 5.56 Å². The van der Waals surface area contributed by atoms with E-state index in [1.165, 1.54) is 24.3 Å². The second kappa shape index (κ2) is 12.0. The van der Waals surface area contributed by atoms with Gasteiger partial charge in [0.25, 0.3) is 0 Å². The Morgan fingerprint density at radius 1 is 0.939 bits per heavy atom. The first-order valence-electron chi connectivity index (χ1n) is 10.7. The number of carbonyl (C=O) groups is 2. The minimum absolute atomic E-state index is 0.0128. The van der Waals surface area contributed by atoms with Gasteiger partial charge in [-0.25, -0.2) is 0 Å². The van der Waals surface area contributed by atoms with Crippen LogP contribution >= 0.6 is 7.60 Å². The number of hydrogen-bond acceptors (Lipinski definition) is 5. The van der Waals surface area contributed by atoms with Crippen LogP contribution in [0.25, 0.3) is 0 Å². The monoisotopic (exact) mass is 477 g/mol. The fourth-order valence-corrected chi connectivity index (χ4v) is 3.96. The van der Waals surface area contributed by atoms with Crippen molar-refractivity contribution >= 4 is 19.4 Å². The molecule has 0 heterocycles. The first-order chi connectivity index (χ1) is 15.5. The van der Waals surface area contributed by atoms with Crippen LogP contribution in [-0.4, -0.2) is 44.6 Å². The topological polar surface area (TPSA) is 162 Å². The maximum atomic E-state index is 13.1. The summed E-state index contributed by atoms with van der Waals surface area (Å²) in [5.74, 6) is -2.84. The summed E-state index contributed by atoms with van der Waals surface area (Å²) >= 11 is 0. The second-order valence-electron chi connectivity index (χ2n) is 8.15. The van der Waals surface area contributed by atoms with Crippen LogP contribution in [0.5, 0.6) is 5.75 Å². The summed E-state index contributed by atoms with van der Waals surface area (Å²) in [5, 5.41) is 14.5. The maximum Gasteiger partial charge on any atom is 0.347 e. The maximum absolute atomic E-state index is 13.1. The van der Waals surface area contributed by atoms with Crippen molar-refractivity contribution in [3.8, 4) is 5.75 Å². The first-order valence-corrected chi connectivity index (χ1v) is 12.4. The van der Waals surface area contributed by atoms with Crippen molar-refractivity contribution in [2.45, 2.75) is 51.0 Å². The summed E-state index contributed by atoms with van der Waals surface area (Å²) in [6.07, 6.45) is 0.643. The van der Waals surface area contributed by atoms with Gasteiger partial charge in [-0.15, -0.1) is 0 Å². The van der Waals surface area contributed by atoms with Gasteiger partial charge in [0, 0.05) is 12.8 Å². The quantitative estimate of drug-likeness (QED) is 0.268. The molecule has 0 aliphatic carbocycles. The highest BCUT2D eigenvalue weighted by Crippen LogP contribution is 2.41. The van der Waals surface area contributed by atoms with Gasteiger partial charge in [-0.3, -0.25) is 14.2 Å². The average molecular weight is 477 g/mol. The molecule has 9 nitrogen and oxygen atoms in total. The number of nitrogens with two attached hydrogens (primary N) is 1. The molecule has 7 N–H and O–H groups in total. The van der Waals surface area contributed by atoms with Crippen molar-refractivity contribution in [2.75, 3.05) is 0 Å². The molecule has 0 saturated carbocycles. The fourth-order valence-electron chi connectivity index (χ4n) is 3.21. The Morgan fingerprint density at radius 3 is 2.06 bits per heavy atom. The number of aromatic hydroxyl groups is 1. The number of hydrogen-bond donors (Lipinski definition) is 6. The van der Waals surface area contributed by atoms with Crippen molar-refractivity contribution in [1.29, 1.82) is 0 Å². The molecule has 0 fully saturated rings. The van der Waals surface area contributed by atoms with E-state index in [1.54, 1.807) is 24.3 Å². The zero-order valence-electron chi connectivity index (χ0n) is 18.7. The van der Waals surface area contributed by atoms with Gasteiger partial charge in [0.05, 0.1) is 6.04 Å². The summed E-state index contributed by atoms with van der Waals surface area (Å²) in [6, 6.07) is 12.9. The Bertz CT molecular complexity index is 964. The van der Waals surface area contributed by atoms with Gasteiger partial charge in [0.15, 0.2) is 0 Å². The molecule has 0 bridgehead atoms. The van der Waals surface area contributed by atoms with Gasteiger partial charge in [-0.05, 0) is 29.2 Å². The Kier molecular flexibility index (Phi) is 9.61. The van der Waals surface area contributed by atoms with Crippen molar-refractivity contribution in [1.82, 2.24) is 10.6 Å². The predicted molar refractivity (Wildman–Crippen MR) is 125 cm³/mol. The van der Waals surface area contributed by atoms with Crippen LogP contribution < -0.4 is 16.4 Å². The minimum atomic E-state index is -4.73. The number of phenolic OH excluding ortho intramolecular Hbond substituents is 1. The molecule has 0 radical (unpaired) electrons. The lowest BCUT2D eigenvalue weighted by atomic mass is 9.98. The summed E-state index contributed by atoms with van der Waals surface area (Å²) in [4.78, 5) is 45.4. The smallest absolute Gasteiger partial charge is 0.347 e. The summed E-state index contributed by atoms with van der Waals surface area (Å²) < 4.78 is 12.1. The van der Waals surface area contributed by atoms with Crippen LogP contribution in [-0.2, 0) is 27.0 Å². The zero-order valence-corrected chi connectivity index (χ0v) is 19.6. The zero-order chi connectivity index (χ0) is 24.6. The number of rotatable bonds is 11. The van der Waals surface area contributed by atoms with Gasteiger partial charge < -0.3 is 31.3 Å². The summed E-state index contributed by atoms with van der Waals surface area (Å²) in [5.41, 5.74) is 7.29. The van der Waals surface area contributed by atoms with Crippen LogP contribution in [0.4, 0.5) is 0 Å². The van der Waals surface area contributed by atoms with E-state index in [-0.39, 0.29) is 24.5 Å². The van der Waals surface area contributed by atoms with Crippen molar-refractivity contribution in [3.05, 3.63) is 65.7 Å². The largest absolute Gasteiger partial charge is 0.508 e. The normalized spacial score (nSPS) is 15.2. The van der Waals surface area contributed by atoms with Gasteiger partial charge in [-0.1, -0.05) is 62.7 Å². The molecule has 2 aromatic carbocycles. The number of amides is 2. The lowest BCUT2D eigenvalue weighted by molar-refractivity contribution is -0.130. The predicted octanol–water partition coefficient (Wildman–Crippen LogP) is 1.66. The lowest BCUT2D eigenvalue weighted by Crippen LogP contribution is -2.55. The van der Waals surface area contributed by atoms with Crippen molar-refractivity contribution < 1.29 is 29.0 Å². The van der Waals surface area contributed by atoms with E-state index in [0.29, 0.717) is 12.0 Å². The molecular weight excluding hydrogens is 445 g/mol. The lowest BCUT2D eigenvalue weighted by Gasteiger charge is -2.26. The first kappa shape index (κ1) is 26.5. The molecule has 0 unspecified atom stereocenters. The molecule has 33 heavy (non-hydrogen) atoms. The third-order valence-corrected chi connectivity index (χ3v) is 6.68. The Morgan fingerprint density at radius 2 is 1.52 bits per heavy atom. The van der Waals surface area contributed by atoms with Crippen LogP contribution in [0.3, 0.4) is 0 Å². The minimum Gasteiger partial charge on any atom is -0.508 e. The van der Waals surface area contributed by atoms with Crippen LogP contribution in [0.1, 0.15) is 31.4 Å². The van der Waals surface area contributed by atoms with E-state index in [2.05, 4.69) is 10.6 Å². The van der Waals surface area contributed by atoms with Gasteiger partial charge in [0.1, 0.15) is 17.6 Å². The molecule has 0 spiro atoms. The highest BCUT2D eigenvalue weighted by molar-refractivity contribution is 7.52. The third-order valence-electron chi connectivity index (χ3n) is 5.56. The Hall–Kier alpha value is -2.71. The SMILES string of the molecule is CC[C@H](C)[C@H](N)C(=O)N[C@@H](Cc1ccccc1)C(=O)N[C@@H](Cc1ccc(O)cc1)P(=O)(O)O. The van der Waals surface area contributed by atoms with E-state index < -0.39 is 37.3 Å². The van der Waals surface area contributed by atoms with Gasteiger partial charge >= 0.3 is 7.60 Å². The van der Waals surface area contributed by atoms with Crippen LogP contribution in [0.2, 0.25) is 0 Å². The van der Waals surface area contributed by atoms with Gasteiger partial charge in [0.2, 0.25) is 11.8 Å². The third kappa shape index (κ3) is 8.29. The highest BCUT2D eigenvalue weighted by atomic mass is 31.2. The number of nitrogens with one attached hydrogen (secondary N) is 2. The van der Waals surface area contributed by atoms with Crippen molar-refractivity contribution in [3.63, 3.8) is 0 Å². The molecule has 0 aliphatic heterocycles. The molecule has 4 atom stereocenters. The fraction of sp³-hybridized carbons (Fsp3) is 0.391. The van der Waals surface area contributed by atoms with Gasteiger partial charge in [-0.2, -0.15) is 0 Å². The Balaban J connectivity index is 2.23. The molecule has 2 rings (SSSR count). The number of benzene rings is 2. The van der Waals surface area contributed by atoms with Crippen molar-refractivity contribution in [2.24, 2.45) is 11.7 Å². The van der Waals surface area contributed by atoms with E-state index in [1.807, 2.05) is 19.9 Å². The molecule has 180 valence electrons. The Labute approximate surface area is 193 Å². The van der Waals surface area contributed by atoms with E-state index in [4.69, 9.17) is 5.73 Å². The number of carbonyl (C=O) groups excluding carboxylic acids is 2. The molecule has 0 aromatic heterocycles. The van der Waals surface area contributed by atoms with Crippen LogP contribution in [0.15, 0.2) is 54.6 Å². The molecule has 2 aromatic rings. The molecule has 0 saturated heterocycles. The molecule has 10 heteroatoms. The molecular formula is C23H32N3O6P. The highest BCUT2D eigenvalue weighted by Gasteiger charge is 2.34. The molecule has 2 amide bonds. The van der Waals surface area contributed by atoms with E-state index >= 15 is 0 Å². The van der Waals surface area contributed by atoms with E-state index in [9.17, 15) is 29.0 Å². The summed E-state index contributed by atoms with van der Waals surface area (Å²) in [6.45, 7) is 3.73. The average Bonchev–Trinajstić information content (AvgIpc) is 2.78. The molecule has 0 aliphatic rings. The summed E-state index contributed by atoms with van der Waals surface area (Å²) in [7, 11) is -4.73. The van der Waals surface area contributed by atoms with Crippen LogP contribution in [0, 0.1) is 5.92 Å². The second-order valence-corrected chi connectivity index (χ2v) is 9.95. The standard InChI is InChI=1S/C23H32N3O6P/c1-3-15(2)21(24)23(29)25-19(13-16-7-5-4-6-8-16)22(28)26-20(33(30,31)32)14-17-9-11-18(27)12-10-17/h4-12,15,19-21,27H,3,13-14,24H2,1-2H3,(H,25,29)(H,26,28)(H2,30,31,32)/t15-,19-,20+,21-/m0/s1. The number of phenols is 1.